The summed E-state index contributed by atoms with van der Waals surface area (Å²) in [6, 6.07) is 50.7. The molecule has 4 nitrogen and oxygen atoms in total. The van der Waals surface area contributed by atoms with Gasteiger partial charge in [0, 0.05) is 60.8 Å². The van der Waals surface area contributed by atoms with Gasteiger partial charge >= 0.3 is 0 Å². The molecule has 49 heavy (non-hydrogen) atoms. The van der Waals surface area contributed by atoms with Crippen LogP contribution in [0.4, 0.5) is 0 Å². The number of aromatic amines is 2. The van der Waals surface area contributed by atoms with Crippen LogP contribution in [0.1, 0.15) is 22.8 Å². The topological polar surface area (TPSA) is 57.4 Å². The molecule has 5 heterocycles. The van der Waals surface area contributed by atoms with Crippen molar-refractivity contribution in [2.75, 3.05) is 0 Å². The maximum atomic E-state index is 5.35. The van der Waals surface area contributed by atoms with Gasteiger partial charge in [0.2, 0.25) is 0 Å². The number of hydrogen-bond donors (Lipinski definition) is 2. The van der Waals surface area contributed by atoms with E-state index in [1.54, 1.807) is 0 Å². The van der Waals surface area contributed by atoms with Crippen molar-refractivity contribution in [1.29, 1.82) is 0 Å². The van der Waals surface area contributed by atoms with Crippen molar-refractivity contribution in [2.24, 2.45) is 0 Å². The average Bonchev–Trinajstić information content (AvgIpc) is 3.98. The number of fused-ring (bicyclic) bond motifs is 8. The summed E-state index contributed by atoms with van der Waals surface area (Å²) in [5.41, 5.74) is 16.2. The first-order valence-corrected chi connectivity index (χ1v) is 16.2. The SMILES string of the molecule is C1=Cc2nc1c(-c1ccccc1)c1ccc([nH]1)c(-c1ccccc1)c1nc(c(-c3ccccc3)c3ccc([nH]3)c2-c2ccccc2)C=C1.[Ni]. The molecule has 0 unspecified atom stereocenters. The van der Waals surface area contributed by atoms with Gasteiger partial charge in [-0.2, -0.15) is 0 Å². The normalized spacial score (nSPS) is 11.8. The number of H-pyrrole nitrogens is 2. The number of aromatic nitrogens is 4. The van der Waals surface area contributed by atoms with Gasteiger partial charge in [0.15, 0.2) is 0 Å². The van der Waals surface area contributed by atoms with Crippen LogP contribution in [0.5, 0.6) is 0 Å². The molecule has 0 amide bonds. The molecule has 8 bridgehead atoms. The molecule has 3 aromatic heterocycles. The molecule has 0 spiro atoms. The van der Waals surface area contributed by atoms with E-state index >= 15 is 0 Å². The first-order chi connectivity index (χ1) is 23.8. The van der Waals surface area contributed by atoms with Gasteiger partial charge in [0.1, 0.15) is 0 Å². The molecule has 2 N–H and O–H groups in total. The molecule has 0 atom stereocenters. The quantitative estimate of drug-likeness (QED) is 0.183. The maximum Gasteiger partial charge on any atom is 0.0737 e. The summed E-state index contributed by atoms with van der Waals surface area (Å²) in [6.07, 6.45) is 8.54. The van der Waals surface area contributed by atoms with Gasteiger partial charge in [0.25, 0.3) is 0 Å². The van der Waals surface area contributed by atoms with Crippen molar-refractivity contribution < 1.29 is 16.5 Å². The van der Waals surface area contributed by atoms with Gasteiger partial charge in [-0.25, -0.2) is 9.97 Å². The van der Waals surface area contributed by atoms with Crippen molar-refractivity contribution >= 4 is 46.4 Å². The van der Waals surface area contributed by atoms with Crippen molar-refractivity contribution in [3.63, 3.8) is 0 Å². The van der Waals surface area contributed by atoms with Gasteiger partial charge in [-0.15, -0.1) is 0 Å². The molecule has 2 aliphatic rings. The zero-order valence-corrected chi connectivity index (χ0v) is 27.4. The summed E-state index contributed by atoms with van der Waals surface area (Å²) in [7, 11) is 0. The van der Waals surface area contributed by atoms with Crippen LogP contribution in [0, 0.1) is 0 Å². The average molecular weight is 673 g/mol. The third-order valence-corrected chi connectivity index (χ3v) is 9.00. The van der Waals surface area contributed by atoms with Crippen LogP contribution in [-0.2, 0) is 16.5 Å². The third-order valence-electron chi connectivity index (χ3n) is 9.00. The van der Waals surface area contributed by atoms with E-state index in [1.807, 2.05) is 24.3 Å². The van der Waals surface area contributed by atoms with Crippen LogP contribution in [0.3, 0.4) is 0 Å². The number of benzene rings is 4. The summed E-state index contributed by atoms with van der Waals surface area (Å²) in [5.74, 6) is 0. The van der Waals surface area contributed by atoms with Crippen molar-refractivity contribution in [1.82, 2.24) is 19.9 Å². The number of rotatable bonds is 4. The van der Waals surface area contributed by atoms with E-state index in [4.69, 9.17) is 9.97 Å². The molecule has 5 heteroatoms. The first-order valence-electron chi connectivity index (χ1n) is 16.2. The monoisotopic (exact) mass is 672 g/mol. The largest absolute Gasteiger partial charge is 0.354 e. The van der Waals surface area contributed by atoms with Crippen molar-refractivity contribution in [3.8, 4) is 44.5 Å². The molecular weight excluding hydrogens is 643 g/mol. The Hall–Kier alpha value is -6.03. The van der Waals surface area contributed by atoms with Gasteiger partial charge in [-0.3, -0.25) is 0 Å². The van der Waals surface area contributed by atoms with Crippen molar-refractivity contribution in [2.45, 2.75) is 0 Å². The minimum absolute atomic E-state index is 0. The van der Waals surface area contributed by atoms with Crippen LogP contribution in [0.25, 0.3) is 90.9 Å². The zero-order chi connectivity index (χ0) is 31.9. The van der Waals surface area contributed by atoms with E-state index in [2.05, 4.69) is 156 Å². The number of hydrogen-bond acceptors (Lipinski definition) is 2. The molecule has 4 aromatic carbocycles. The second kappa shape index (κ2) is 12.9. The minimum Gasteiger partial charge on any atom is -0.354 e. The Kier molecular flexibility index (Phi) is 7.97. The molecular formula is C44H30N4Ni. The molecule has 9 rings (SSSR count). The first kappa shape index (κ1) is 30.3. The van der Waals surface area contributed by atoms with Crippen LogP contribution >= 0.6 is 0 Å². The van der Waals surface area contributed by atoms with E-state index in [-0.39, 0.29) is 16.5 Å². The molecule has 0 radical (unpaired) electrons. The summed E-state index contributed by atoms with van der Waals surface area (Å²) in [4.78, 5) is 18.3. The number of nitrogens with zero attached hydrogens (tertiary/aromatic N) is 2. The second-order valence-corrected chi connectivity index (χ2v) is 12.0. The summed E-state index contributed by atoms with van der Waals surface area (Å²) < 4.78 is 0. The van der Waals surface area contributed by atoms with Crippen molar-refractivity contribution in [3.05, 3.63) is 168 Å². The smallest absolute Gasteiger partial charge is 0.0737 e. The fourth-order valence-electron chi connectivity index (χ4n) is 6.84. The van der Waals surface area contributed by atoms with E-state index in [9.17, 15) is 0 Å². The summed E-state index contributed by atoms with van der Waals surface area (Å²) in [6.45, 7) is 0. The van der Waals surface area contributed by atoms with E-state index in [1.165, 1.54) is 0 Å². The Morgan fingerprint density at radius 1 is 0.286 bits per heavy atom. The van der Waals surface area contributed by atoms with Crippen LogP contribution in [0.2, 0.25) is 0 Å². The predicted molar refractivity (Wildman–Crippen MR) is 201 cm³/mol. The Morgan fingerprint density at radius 3 is 0.735 bits per heavy atom. The second-order valence-electron chi connectivity index (χ2n) is 12.0. The third kappa shape index (κ3) is 5.55. The standard InChI is InChI=1S/C44H30N4.Ni/c1-5-13-29(14-6-1)41-33-21-23-35(45-33)42(30-15-7-2-8-16-30)37-25-27-39(47-37)44(32-19-11-4-12-20-32)40-28-26-38(48-40)43(31-17-9-3-10-18-31)36-24-22-34(41)46-36;/h1-28,45,48H;. The Bertz CT molecular complexity index is 2180. The summed E-state index contributed by atoms with van der Waals surface area (Å²) in [5, 5.41) is 0. The Morgan fingerprint density at radius 2 is 0.510 bits per heavy atom. The Labute approximate surface area is 294 Å². The number of nitrogens with one attached hydrogen (secondary N) is 2. The van der Waals surface area contributed by atoms with Crippen LogP contribution < -0.4 is 0 Å². The molecule has 0 aliphatic carbocycles. The molecule has 0 saturated heterocycles. The molecule has 2 aliphatic heterocycles. The molecule has 0 fully saturated rings. The van der Waals surface area contributed by atoms with Crippen LogP contribution in [0.15, 0.2) is 146 Å². The zero-order valence-electron chi connectivity index (χ0n) is 26.4. The molecule has 7 aromatic rings. The van der Waals surface area contributed by atoms with Gasteiger partial charge in [-0.1, -0.05) is 121 Å². The van der Waals surface area contributed by atoms with Gasteiger partial charge < -0.3 is 9.97 Å². The van der Waals surface area contributed by atoms with Gasteiger partial charge in [-0.05, 0) is 70.8 Å². The summed E-state index contributed by atoms with van der Waals surface area (Å²) >= 11 is 0. The van der Waals surface area contributed by atoms with Gasteiger partial charge in [0.05, 0.1) is 22.8 Å². The maximum absolute atomic E-state index is 5.35. The fraction of sp³-hybridized carbons (Fsp3) is 0. The van der Waals surface area contributed by atoms with Crippen LogP contribution in [-0.4, -0.2) is 19.9 Å². The fourth-order valence-corrected chi connectivity index (χ4v) is 6.84. The van der Waals surface area contributed by atoms with E-state index < -0.39 is 0 Å². The predicted octanol–water partition coefficient (Wildman–Crippen LogP) is 11.3. The molecule has 236 valence electrons. The Balaban J connectivity index is 0.00000348. The molecule has 0 saturated carbocycles. The van der Waals surface area contributed by atoms with E-state index in [0.717, 1.165) is 89.4 Å². The minimum atomic E-state index is 0. The van der Waals surface area contributed by atoms with E-state index in [0.29, 0.717) is 0 Å².